The van der Waals surface area contributed by atoms with Gasteiger partial charge in [-0.1, -0.05) is 33.6 Å². The van der Waals surface area contributed by atoms with E-state index in [0.29, 0.717) is 24.2 Å². The van der Waals surface area contributed by atoms with Gasteiger partial charge in [0.05, 0.1) is 19.8 Å². The summed E-state index contributed by atoms with van der Waals surface area (Å²) in [6.45, 7) is 9.03. The highest BCUT2D eigenvalue weighted by molar-refractivity contribution is 5.95. The number of amides is 1. The first-order chi connectivity index (χ1) is 15.5. The van der Waals surface area contributed by atoms with Crippen LogP contribution in [0.2, 0.25) is 0 Å². The molecule has 8 nitrogen and oxygen atoms in total. The first kappa shape index (κ1) is 23.4. The lowest BCUT2D eigenvalue weighted by Crippen LogP contribution is -2.39. The van der Waals surface area contributed by atoms with E-state index in [1.807, 2.05) is 45.9 Å². The summed E-state index contributed by atoms with van der Waals surface area (Å²) < 4.78 is -0.444. The number of quaternary nitrogens is 1. The summed E-state index contributed by atoms with van der Waals surface area (Å²) in [7, 11) is 1.70. The SMILES string of the molecule is Cc1cc(Nc2ncc3c(n2)N(C2CCCC2)CCC[N+]3(C)[O-])ccc1NC(=O)C(C)(C)C. The summed E-state index contributed by atoms with van der Waals surface area (Å²) in [6.07, 6.45) is 7.29. The van der Waals surface area contributed by atoms with Gasteiger partial charge in [0.15, 0.2) is 11.5 Å². The van der Waals surface area contributed by atoms with Crippen molar-refractivity contribution in [2.24, 2.45) is 5.41 Å². The van der Waals surface area contributed by atoms with E-state index in [2.05, 4.69) is 20.5 Å². The van der Waals surface area contributed by atoms with E-state index in [4.69, 9.17) is 4.98 Å². The van der Waals surface area contributed by atoms with E-state index >= 15 is 0 Å². The highest BCUT2D eigenvalue weighted by Gasteiger charge is 2.33. The van der Waals surface area contributed by atoms with Gasteiger partial charge in [-0.3, -0.25) is 4.79 Å². The largest absolute Gasteiger partial charge is 0.627 e. The fraction of sp³-hybridized carbons (Fsp3) is 0.560. The fourth-order valence-electron chi connectivity index (χ4n) is 4.63. The van der Waals surface area contributed by atoms with Crippen LogP contribution in [0.3, 0.4) is 0 Å². The van der Waals surface area contributed by atoms with Gasteiger partial charge in [0.25, 0.3) is 0 Å². The van der Waals surface area contributed by atoms with Crippen molar-refractivity contribution in [3.05, 3.63) is 35.2 Å². The molecule has 2 aliphatic rings. The van der Waals surface area contributed by atoms with Crippen LogP contribution in [-0.2, 0) is 4.79 Å². The number of benzene rings is 1. The van der Waals surface area contributed by atoms with Crippen molar-refractivity contribution in [2.45, 2.75) is 65.8 Å². The average Bonchev–Trinajstić information content (AvgIpc) is 3.22. The Morgan fingerprint density at radius 1 is 1.21 bits per heavy atom. The van der Waals surface area contributed by atoms with E-state index in [-0.39, 0.29) is 5.91 Å². The van der Waals surface area contributed by atoms with Crippen molar-refractivity contribution in [2.75, 3.05) is 35.7 Å². The molecule has 2 N–H and O–H groups in total. The molecule has 1 aromatic heterocycles. The Hall–Kier alpha value is -2.71. The van der Waals surface area contributed by atoms with Crippen LogP contribution in [0.4, 0.5) is 28.8 Å². The number of nitrogens with one attached hydrogen (secondary N) is 2. The summed E-state index contributed by atoms with van der Waals surface area (Å²) in [5, 5.41) is 19.5. The van der Waals surface area contributed by atoms with Gasteiger partial charge in [-0.25, -0.2) is 4.98 Å². The number of anilines is 4. The van der Waals surface area contributed by atoms with Crippen LogP contribution in [0.15, 0.2) is 24.4 Å². The standard InChI is InChI=1S/C25H36N6O2/c1-17-15-18(11-12-20(17)28-23(32)25(2,3)4)27-24-26-16-21-22(29-24)30(19-9-6-7-10-19)13-8-14-31(21,5)33/h11-12,15-16,19H,6-10,13-14H2,1-5H3,(H,28,32)(H,26,27,29). The van der Waals surface area contributed by atoms with Crippen LogP contribution in [-0.4, -0.2) is 42.1 Å². The minimum Gasteiger partial charge on any atom is -0.627 e. The summed E-state index contributed by atoms with van der Waals surface area (Å²) in [5.41, 5.74) is 2.75. The quantitative estimate of drug-likeness (QED) is 0.495. The minimum atomic E-state index is -0.460. The molecule has 1 aliphatic heterocycles. The molecule has 0 spiro atoms. The topological polar surface area (TPSA) is 93.2 Å². The maximum Gasteiger partial charge on any atom is 0.229 e. The van der Waals surface area contributed by atoms with Gasteiger partial charge < -0.3 is 25.4 Å². The molecule has 4 rings (SSSR count). The van der Waals surface area contributed by atoms with E-state index in [1.54, 1.807) is 13.2 Å². The zero-order chi connectivity index (χ0) is 23.8. The third-order valence-electron chi connectivity index (χ3n) is 6.69. The maximum atomic E-state index is 13.2. The third-order valence-corrected chi connectivity index (χ3v) is 6.69. The van der Waals surface area contributed by atoms with Crippen LogP contribution >= 0.6 is 0 Å². The van der Waals surface area contributed by atoms with Gasteiger partial charge in [0, 0.05) is 35.8 Å². The molecule has 1 atom stereocenters. The maximum absolute atomic E-state index is 13.2. The summed E-state index contributed by atoms with van der Waals surface area (Å²) >= 11 is 0. The van der Waals surface area contributed by atoms with Crippen molar-refractivity contribution in [3.8, 4) is 0 Å². The Labute approximate surface area is 196 Å². The van der Waals surface area contributed by atoms with Crippen molar-refractivity contribution < 1.29 is 4.79 Å². The van der Waals surface area contributed by atoms with E-state index in [0.717, 1.165) is 48.6 Å². The molecule has 1 saturated carbocycles. The number of hydroxylamine groups is 2. The van der Waals surface area contributed by atoms with Crippen molar-refractivity contribution in [1.29, 1.82) is 0 Å². The number of fused-ring (bicyclic) bond motifs is 1. The normalized spacial score (nSPS) is 21.5. The molecule has 1 aliphatic carbocycles. The molecule has 2 aromatic rings. The number of rotatable bonds is 4. The number of hydrogen-bond donors (Lipinski definition) is 2. The average molecular weight is 453 g/mol. The van der Waals surface area contributed by atoms with Crippen LogP contribution in [0.25, 0.3) is 0 Å². The first-order valence-corrected chi connectivity index (χ1v) is 11.9. The Morgan fingerprint density at radius 2 is 1.94 bits per heavy atom. The summed E-state index contributed by atoms with van der Waals surface area (Å²) in [6, 6.07) is 6.21. The number of carbonyl (C=O) groups excluding carboxylic acids is 1. The van der Waals surface area contributed by atoms with Crippen molar-refractivity contribution >= 4 is 34.7 Å². The third kappa shape index (κ3) is 5.12. The Balaban J connectivity index is 1.59. The molecule has 2 heterocycles. The zero-order valence-corrected chi connectivity index (χ0v) is 20.4. The first-order valence-electron chi connectivity index (χ1n) is 11.9. The molecule has 33 heavy (non-hydrogen) atoms. The summed E-state index contributed by atoms with van der Waals surface area (Å²) in [5.74, 6) is 1.22. The second-order valence-corrected chi connectivity index (χ2v) is 10.6. The number of aryl methyl sites for hydroxylation is 1. The number of carbonyl (C=O) groups is 1. The highest BCUT2D eigenvalue weighted by Crippen LogP contribution is 2.38. The lowest BCUT2D eigenvalue weighted by Gasteiger charge is -2.37. The second kappa shape index (κ2) is 8.91. The predicted octanol–water partition coefficient (Wildman–Crippen LogP) is 5.10. The molecule has 1 unspecified atom stereocenters. The van der Waals surface area contributed by atoms with Crippen molar-refractivity contribution in [3.63, 3.8) is 0 Å². The fourth-order valence-corrected chi connectivity index (χ4v) is 4.63. The van der Waals surface area contributed by atoms with Gasteiger partial charge in [0.1, 0.15) is 0 Å². The number of hydrogen-bond acceptors (Lipinski definition) is 6. The minimum absolute atomic E-state index is 0.0221. The monoisotopic (exact) mass is 452 g/mol. The molecule has 1 aromatic carbocycles. The predicted molar refractivity (Wildman–Crippen MR) is 135 cm³/mol. The zero-order valence-electron chi connectivity index (χ0n) is 20.4. The van der Waals surface area contributed by atoms with Gasteiger partial charge in [-0.05, 0) is 43.5 Å². The van der Waals surface area contributed by atoms with Crippen LogP contribution < -0.4 is 20.2 Å². The van der Waals surface area contributed by atoms with Gasteiger partial charge >= 0.3 is 0 Å². The van der Waals surface area contributed by atoms with E-state index in [9.17, 15) is 10.0 Å². The molecular formula is C25H36N6O2. The lowest BCUT2D eigenvalue weighted by atomic mass is 9.95. The molecule has 1 fully saturated rings. The Kier molecular flexibility index (Phi) is 6.33. The molecule has 1 amide bonds. The van der Waals surface area contributed by atoms with Gasteiger partial charge in [-0.15, -0.1) is 0 Å². The van der Waals surface area contributed by atoms with E-state index < -0.39 is 10.1 Å². The smallest absolute Gasteiger partial charge is 0.229 e. The number of aromatic nitrogens is 2. The molecule has 0 bridgehead atoms. The molecular weight excluding hydrogens is 416 g/mol. The van der Waals surface area contributed by atoms with Crippen LogP contribution in [0, 0.1) is 17.5 Å². The van der Waals surface area contributed by atoms with Gasteiger partial charge in [0.2, 0.25) is 11.9 Å². The molecule has 178 valence electrons. The van der Waals surface area contributed by atoms with Gasteiger partial charge in [-0.2, -0.15) is 4.98 Å². The molecule has 8 heteroatoms. The summed E-state index contributed by atoms with van der Waals surface area (Å²) in [4.78, 5) is 24.0. The van der Waals surface area contributed by atoms with Crippen LogP contribution in [0.1, 0.15) is 58.4 Å². The Morgan fingerprint density at radius 3 is 2.61 bits per heavy atom. The lowest BCUT2D eigenvalue weighted by molar-refractivity contribution is -0.123. The highest BCUT2D eigenvalue weighted by atomic mass is 16.5. The van der Waals surface area contributed by atoms with Crippen molar-refractivity contribution in [1.82, 2.24) is 14.6 Å². The second-order valence-electron chi connectivity index (χ2n) is 10.6. The van der Waals surface area contributed by atoms with E-state index in [1.165, 1.54) is 12.8 Å². The Bertz CT molecular complexity index is 1020. The molecule has 0 saturated heterocycles. The van der Waals surface area contributed by atoms with Crippen LogP contribution in [0.5, 0.6) is 0 Å². The number of nitrogens with zero attached hydrogens (tertiary/aromatic N) is 4. The molecule has 0 radical (unpaired) electrons.